The summed E-state index contributed by atoms with van der Waals surface area (Å²) in [6, 6.07) is 25.3. The average Bonchev–Trinajstić information content (AvgIpc) is 3.18. The molecule has 4 rings (SSSR count). The summed E-state index contributed by atoms with van der Waals surface area (Å²) in [5.74, 6) is 0.0311. The molecule has 0 saturated carbocycles. The van der Waals surface area contributed by atoms with Gasteiger partial charge in [0.05, 0.1) is 12.6 Å². The lowest BCUT2D eigenvalue weighted by Gasteiger charge is -2.23. The Morgan fingerprint density at radius 1 is 0.867 bits per heavy atom. The number of amides is 2. The standard InChI is InChI=1S/C24H22N2O4/c27-20-15-22(26(16-20)24(29)30-21-9-5-2-6-10-21)23(28)25-19-13-11-18(12-14-19)17-7-3-1-4-8-17/h1-14,20,22,27H,15-16H2,(H,25,28)/t20-,22+/m1/s1. The fourth-order valence-electron chi connectivity index (χ4n) is 3.51. The van der Waals surface area contributed by atoms with Crippen LogP contribution >= 0.6 is 0 Å². The number of carbonyl (C=O) groups is 2. The molecule has 1 aliphatic rings. The van der Waals surface area contributed by atoms with E-state index in [0.717, 1.165) is 11.1 Å². The van der Waals surface area contributed by atoms with Crippen LogP contribution in [0.15, 0.2) is 84.9 Å². The molecule has 0 aromatic heterocycles. The third-order valence-electron chi connectivity index (χ3n) is 5.02. The first kappa shape index (κ1) is 19.7. The third kappa shape index (κ3) is 4.50. The van der Waals surface area contributed by atoms with Crippen molar-refractivity contribution >= 4 is 17.7 Å². The maximum absolute atomic E-state index is 12.8. The van der Waals surface area contributed by atoms with Crippen LogP contribution in [0.25, 0.3) is 11.1 Å². The Balaban J connectivity index is 1.43. The van der Waals surface area contributed by atoms with E-state index >= 15 is 0 Å². The van der Waals surface area contributed by atoms with Crippen LogP contribution in [0.2, 0.25) is 0 Å². The number of anilines is 1. The zero-order valence-electron chi connectivity index (χ0n) is 16.3. The molecule has 6 heteroatoms. The van der Waals surface area contributed by atoms with Crippen LogP contribution in [0.4, 0.5) is 10.5 Å². The van der Waals surface area contributed by atoms with Crippen LogP contribution in [0.1, 0.15) is 6.42 Å². The Kier molecular flexibility index (Phi) is 5.77. The number of hydrogen-bond acceptors (Lipinski definition) is 4. The molecule has 1 heterocycles. The summed E-state index contributed by atoms with van der Waals surface area (Å²) in [5.41, 5.74) is 2.75. The number of rotatable bonds is 4. The highest BCUT2D eigenvalue weighted by molar-refractivity contribution is 5.97. The maximum atomic E-state index is 12.8. The van der Waals surface area contributed by atoms with Gasteiger partial charge in [-0.2, -0.15) is 0 Å². The molecule has 152 valence electrons. The van der Waals surface area contributed by atoms with Gasteiger partial charge in [0.15, 0.2) is 0 Å². The predicted molar refractivity (Wildman–Crippen MR) is 114 cm³/mol. The van der Waals surface area contributed by atoms with Crippen molar-refractivity contribution in [2.75, 3.05) is 11.9 Å². The molecular weight excluding hydrogens is 380 g/mol. The van der Waals surface area contributed by atoms with Crippen molar-refractivity contribution in [1.82, 2.24) is 4.90 Å². The summed E-state index contributed by atoms with van der Waals surface area (Å²) >= 11 is 0. The lowest BCUT2D eigenvalue weighted by atomic mass is 10.1. The van der Waals surface area contributed by atoms with Crippen LogP contribution in [-0.2, 0) is 4.79 Å². The largest absolute Gasteiger partial charge is 0.416 e. The summed E-state index contributed by atoms with van der Waals surface area (Å²) < 4.78 is 5.34. The Bertz CT molecular complexity index is 1010. The lowest BCUT2D eigenvalue weighted by Crippen LogP contribution is -2.44. The Hall–Kier alpha value is -3.64. The monoisotopic (exact) mass is 402 g/mol. The Morgan fingerprint density at radius 2 is 1.47 bits per heavy atom. The molecular formula is C24H22N2O4. The minimum Gasteiger partial charge on any atom is -0.410 e. The van der Waals surface area contributed by atoms with Gasteiger partial charge in [-0.15, -0.1) is 0 Å². The van der Waals surface area contributed by atoms with E-state index in [1.54, 1.807) is 24.3 Å². The molecule has 6 nitrogen and oxygen atoms in total. The first-order chi connectivity index (χ1) is 14.6. The molecule has 3 aromatic rings. The SMILES string of the molecule is O=C(Nc1ccc(-c2ccccc2)cc1)[C@@H]1C[C@@H](O)CN1C(=O)Oc1ccccc1. The van der Waals surface area contributed by atoms with Crippen molar-refractivity contribution < 1.29 is 19.4 Å². The number of para-hydroxylation sites is 1. The molecule has 1 fully saturated rings. The summed E-state index contributed by atoms with van der Waals surface area (Å²) in [5, 5.41) is 12.9. The fourth-order valence-corrected chi connectivity index (χ4v) is 3.51. The second-order valence-electron chi connectivity index (χ2n) is 7.17. The first-order valence-corrected chi connectivity index (χ1v) is 9.78. The molecule has 2 N–H and O–H groups in total. The van der Waals surface area contributed by atoms with Crippen LogP contribution in [-0.4, -0.2) is 40.7 Å². The van der Waals surface area contributed by atoms with Gasteiger partial charge in [0.1, 0.15) is 11.8 Å². The van der Waals surface area contributed by atoms with Gasteiger partial charge in [-0.3, -0.25) is 9.69 Å². The van der Waals surface area contributed by atoms with Crippen molar-refractivity contribution in [1.29, 1.82) is 0 Å². The molecule has 0 aliphatic carbocycles. The number of hydrogen-bond donors (Lipinski definition) is 2. The number of nitrogens with one attached hydrogen (secondary N) is 1. The fraction of sp³-hybridized carbons (Fsp3) is 0.167. The molecule has 1 aliphatic heterocycles. The summed E-state index contributed by atoms with van der Waals surface area (Å²) in [4.78, 5) is 26.6. The zero-order valence-corrected chi connectivity index (χ0v) is 16.3. The topological polar surface area (TPSA) is 78.9 Å². The van der Waals surface area contributed by atoms with Crippen LogP contribution in [0.5, 0.6) is 5.75 Å². The molecule has 0 unspecified atom stereocenters. The number of nitrogens with zero attached hydrogens (tertiary/aromatic N) is 1. The van der Waals surface area contributed by atoms with E-state index in [4.69, 9.17) is 4.74 Å². The summed E-state index contributed by atoms with van der Waals surface area (Å²) in [6.45, 7) is 0.0523. The van der Waals surface area contributed by atoms with E-state index in [1.807, 2.05) is 60.7 Å². The number of benzene rings is 3. The molecule has 2 amide bonds. The van der Waals surface area contributed by atoms with E-state index in [-0.39, 0.29) is 18.9 Å². The van der Waals surface area contributed by atoms with Gasteiger partial charge in [-0.25, -0.2) is 4.79 Å². The van der Waals surface area contributed by atoms with Crippen molar-refractivity contribution in [3.8, 4) is 16.9 Å². The number of carbonyl (C=O) groups excluding carboxylic acids is 2. The van der Waals surface area contributed by atoms with Crippen molar-refractivity contribution in [2.45, 2.75) is 18.6 Å². The van der Waals surface area contributed by atoms with Crippen molar-refractivity contribution in [3.05, 3.63) is 84.9 Å². The number of aliphatic hydroxyl groups excluding tert-OH is 1. The van der Waals surface area contributed by atoms with Gasteiger partial charge in [-0.05, 0) is 35.4 Å². The number of ether oxygens (including phenoxy) is 1. The van der Waals surface area contributed by atoms with E-state index in [0.29, 0.717) is 11.4 Å². The highest BCUT2D eigenvalue weighted by atomic mass is 16.6. The third-order valence-corrected chi connectivity index (χ3v) is 5.02. The zero-order chi connectivity index (χ0) is 20.9. The second kappa shape index (κ2) is 8.80. The molecule has 30 heavy (non-hydrogen) atoms. The summed E-state index contributed by atoms with van der Waals surface area (Å²) in [7, 11) is 0. The number of aliphatic hydroxyl groups is 1. The van der Waals surface area contributed by atoms with Gasteiger partial charge < -0.3 is 15.2 Å². The van der Waals surface area contributed by atoms with Crippen LogP contribution < -0.4 is 10.1 Å². The van der Waals surface area contributed by atoms with Gasteiger partial charge >= 0.3 is 6.09 Å². The molecule has 1 saturated heterocycles. The van der Waals surface area contributed by atoms with E-state index in [9.17, 15) is 14.7 Å². The minimum absolute atomic E-state index is 0.0523. The van der Waals surface area contributed by atoms with Gasteiger partial charge in [0, 0.05) is 12.1 Å². The minimum atomic E-state index is -0.801. The Morgan fingerprint density at radius 3 is 2.13 bits per heavy atom. The van der Waals surface area contributed by atoms with E-state index < -0.39 is 18.2 Å². The smallest absolute Gasteiger partial charge is 0.410 e. The second-order valence-corrected chi connectivity index (χ2v) is 7.17. The van der Waals surface area contributed by atoms with E-state index in [1.165, 1.54) is 4.90 Å². The molecule has 0 spiro atoms. The number of β-amino-alcohol motifs (C(OH)–C–C–N with tert-alkyl or cyclic N) is 1. The summed E-state index contributed by atoms with van der Waals surface area (Å²) in [6.07, 6.45) is -1.26. The molecule has 3 aromatic carbocycles. The predicted octanol–water partition coefficient (Wildman–Crippen LogP) is 3.93. The highest BCUT2D eigenvalue weighted by Gasteiger charge is 2.40. The number of likely N-dealkylation sites (tertiary alicyclic amines) is 1. The van der Waals surface area contributed by atoms with Crippen molar-refractivity contribution in [3.63, 3.8) is 0 Å². The first-order valence-electron chi connectivity index (χ1n) is 9.78. The highest BCUT2D eigenvalue weighted by Crippen LogP contribution is 2.24. The lowest BCUT2D eigenvalue weighted by molar-refractivity contribution is -0.119. The van der Waals surface area contributed by atoms with Crippen LogP contribution in [0, 0.1) is 0 Å². The van der Waals surface area contributed by atoms with Crippen molar-refractivity contribution in [2.24, 2.45) is 0 Å². The molecule has 0 bridgehead atoms. The normalized spacial score (nSPS) is 18.1. The van der Waals surface area contributed by atoms with Gasteiger partial charge in [0.2, 0.25) is 5.91 Å². The Labute approximate surface area is 174 Å². The van der Waals surface area contributed by atoms with E-state index in [2.05, 4.69) is 5.32 Å². The molecule has 0 radical (unpaired) electrons. The average molecular weight is 402 g/mol. The quantitative estimate of drug-likeness (QED) is 0.693. The van der Waals surface area contributed by atoms with Crippen LogP contribution in [0.3, 0.4) is 0 Å². The maximum Gasteiger partial charge on any atom is 0.416 e. The molecule has 2 atom stereocenters. The van der Waals surface area contributed by atoms with Gasteiger partial charge in [-0.1, -0.05) is 60.7 Å². The van der Waals surface area contributed by atoms with Gasteiger partial charge in [0.25, 0.3) is 0 Å².